The maximum atomic E-state index is 11.1. The van der Waals surface area contributed by atoms with Crippen LogP contribution >= 0.6 is 11.6 Å². The average Bonchev–Trinajstić information content (AvgIpc) is 2.36. The lowest BCUT2D eigenvalue weighted by atomic mass is 10.2. The first kappa shape index (κ1) is 17.2. The quantitative estimate of drug-likeness (QED) is 0.698. The molecule has 114 valence electrons. The third-order valence-corrected chi connectivity index (χ3v) is 3.75. The van der Waals surface area contributed by atoms with E-state index in [1.54, 1.807) is 13.2 Å². The molecular weight excluding hydrogens is 302 g/mol. The Morgan fingerprint density at radius 1 is 1.30 bits per heavy atom. The van der Waals surface area contributed by atoms with Gasteiger partial charge in [0, 0.05) is 32.0 Å². The van der Waals surface area contributed by atoms with Crippen molar-refractivity contribution in [3.8, 4) is 5.75 Å². The number of rotatable bonds is 9. The van der Waals surface area contributed by atoms with Crippen LogP contribution in [0.25, 0.3) is 0 Å². The molecular formula is C13H20ClNO4S. The number of nitrogens with one attached hydrogen (secondary N) is 1. The summed E-state index contributed by atoms with van der Waals surface area (Å²) in [5.41, 5.74) is 0.891. The van der Waals surface area contributed by atoms with Crippen molar-refractivity contribution in [2.75, 3.05) is 38.9 Å². The van der Waals surface area contributed by atoms with Gasteiger partial charge in [-0.25, -0.2) is 8.42 Å². The maximum absolute atomic E-state index is 11.1. The Bertz CT molecular complexity index is 519. The van der Waals surface area contributed by atoms with E-state index >= 15 is 0 Å². The van der Waals surface area contributed by atoms with Gasteiger partial charge >= 0.3 is 0 Å². The van der Waals surface area contributed by atoms with Gasteiger partial charge in [-0.1, -0.05) is 23.7 Å². The Kier molecular flexibility index (Phi) is 7.29. The SMILES string of the molecule is COCCNCc1cccc(Cl)c1OCCS(C)(=O)=O. The van der Waals surface area contributed by atoms with Gasteiger partial charge in [0.15, 0.2) is 9.84 Å². The topological polar surface area (TPSA) is 64.6 Å². The molecule has 5 nitrogen and oxygen atoms in total. The van der Waals surface area contributed by atoms with Crippen molar-refractivity contribution in [3.63, 3.8) is 0 Å². The fraction of sp³-hybridized carbons (Fsp3) is 0.538. The van der Waals surface area contributed by atoms with Gasteiger partial charge in [0.05, 0.1) is 17.4 Å². The molecule has 0 atom stereocenters. The Morgan fingerprint density at radius 3 is 2.70 bits per heavy atom. The minimum atomic E-state index is -3.04. The molecule has 20 heavy (non-hydrogen) atoms. The van der Waals surface area contributed by atoms with Gasteiger partial charge in [0.1, 0.15) is 12.4 Å². The molecule has 7 heteroatoms. The first-order valence-corrected chi connectivity index (χ1v) is 8.65. The zero-order chi connectivity index (χ0) is 15.0. The van der Waals surface area contributed by atoms with Crippen molar-refractivity contribution in [1.29, 1.82) is 0 Å². The fourth-order valence-corrected chi connectivity index (χ4v) is 2.18. The van der Waals surface area contributed by atoms with Crippen molar-refractivity contribution in [2.45, 2.75) is 6.54 Å². The van der Waals surface area contributed by atoms with Crippen molar-refractivity contribution >= 4 is 21.4 Å². The lowest BCUT2D eigenvalue weighted by molar-refractivity contribution is 0.199. The van der Waals surface area contributed by atoms with E-state index in [1.165, 1.54) is 6.26 Å². The number of hydrogen-bond donors (Lipinski definition) is 1. The summed E-state index contributed by atoms with van der Waals surface area (Å²) in [7, 11) is -1.40. The molecule has 0 spiro atoms. The van der Waals surface area contributed by atoms with Crippen LogP contribution in [0.5, 0.6) is 5.75 Å². The molecule has 0 radical (unpaired) electrons. The maximum Gasteiger partial charge on any atom is 0.150 e. The minimum Gasteiger partial charge on any atom is -0.491 e. The Labute approximate surface area is 125 Å². The highest BCUT2D eigenvalue weighted by Gasteiger charge is 2.10. The third kappa shape index (κ3) is 6.56. The molecule has 0 amide bonds. The Morgan fingerprint density at radius 2 is 2.05 bits per heavy atom. The molecule has 0 aliphatic carbocycles. The van der Waals surface area contributed by atoms with Gasteiger partial charge in [-0.2, -0.15) is 0 Å². The van der Waals surface area contributed by atoms with E-state index in [0.29, 0.717) is 30.5 Å². The van der Waals surface area contributed by atoms with E-state index in [-0.39, 0.29) is 12.4 Å². The standard InChI is InChI=1S/C13H20ClNO4S/c1-18-7-6-15-10-11-4-3-5-12(14)13(11)19-8-9-20(2,16)17/h3-5,15H,6-10H2,1-2H3. The molecule has 0 fully saturated rings. The van der Waals surface area contributed by atoms with Crippen molar-refractivity contribution in [3.05, 3.63) is 28.8 Å². The van der Waals surface area contributed by atoms with Gasteiger partial charge in [-0.15, -0.1) is 0 Å². The van der Waals surface area contributed by atoms with Crippen LogP contribution in [0.15, 0.2) is 18.2 Å². The second kappa shape index (κ2) is 8.46. The zero-order valence-corrected chi connectivity index (χ0v) is 13.3. The summed E-state index contributed by atoms with van der Waals surface area (Å²) in [6, 6.07) is 5.44. The molecule has 0 saturated carbocycles. The van der Waals surface area contributed by atoms with Crippen molar-refractivity contribution in [2.24, 2.45) is 0 Å². The number of methoxy groups -OCH3 is 1. The summed E-state index contributed by atoms with van der Waals surface area (Å²) in [5, 5.41) is 3.67. The molecule has 1 rings (SSSR count). The summed E-state index contributed by atoms with van der Waals surface area (Å²) in [5.74, 6) is 0.497. The van der Waals surface area contributed by atoms with E-state index in [2.05, 4.69) is 5.32 Å². The van der Waals surface area contributed by atoms with E-state index in [9.17, 15) is 8.42 Å². The second-order valence-electron chi connectivity index (χ2n) is 4.38. The summed E-state index contributed by atoms with van der Waals surface area (Å²) in [6.45, 7) is 2.00. The molecule has 0 unspecified atom stereocenters. The largest absolute Gasteiger partial charge is 0.491 e. The molecule has 0 aliphatic rings. The van der Waals surface area contributed by atoms with Gasteiger partial charge < -0.3 is 14.8 Å². The minimum absolute atomic E-state index is 0.0330. The Hall–Kier alpha value is -0.820. The second-order valence-corrected chi connectivity index (χ2v) is 7.04. The van der Waals surface area contributed by atoms with Crippen molar-refractivity contribution in [1.82, 2.24) is 5.32 Å². The molecule has 0 aliphatic heterocycles. The number of ether oxygens (including phenoxy) is 2. The van der Waals surface area contributed by atoms with E-state index < -0.39 is 9.84 Å². The molecule has 0 heterocycles. The molecule has 0 saturated heterocycles. The average molecular weight is 322 g/mol. The molecule has 1 aromatic carbocycles. The number of para-hydroxylation sites is 1. The number of sulfone groups is 1. The number of benzene rings is 1. The van der Waals surface area contributed by atoms with Gasteiger partial charge in [0.2, 0.25) is 0 Å². The summed E-state index contributed by atoms with van der Waals surface area (Å²) < 4.78 is 32.7. The smallest absolute Gasteiger partial charge is 0.150 e. The van der Waals surface area contributed by atoms with Gasteiger partial charge in [0.25, 0.3) is 0 Å². The van der Waals surface area contributed by atoms with Crippen LogP contribution in [0, 0.1) is 0 Å². The van der Waals surface area contributed by atoms with Crippen LogP contribution < -0.4 is 10.1 Å². The molecule has 0 bridgehead atoms. The Balaban J connectivity index is 2.63. The monoisotopic (exact) mass is 321 g/mol. The summed E-state index contributed by atoms with van der Waals surface area (Å²) in [6.07, 6.45) is 1.18. The number of halogens is 1. The summed E-state index contributed by atoms with van der Waals surface area (Å²) >= 11 is 6.09. The van der Waals surface area contributed by atoms with Gasteiger partial charge in [-0.3, -0.25) is 0 Å². The third-order valence-electron chi connectivity index (χ3n) is 2.55. The highest BCUT2D eigenvalue weighted by molar-refractivity contribution is 7.90. The van der Waals surface area contributed by atoms with E-state index in [0.717, 1.165) is 5.56 Å². The van der Waals surface area contributed by atoms with Crippen LogP contribution in [0.4, 0.5) is 0 Å². The van der Waals surface area contributed by atoms with Crippen LogP contribution in [0.1, 0.15) is 5.56 Å². The normalized spacial score (nSPS) is 11.6. The zero-order valence-electron chi connectivity index (χ0n) is 11.7. The van der Waals surface area contributed by atoms with Crippen molar-refractivity contribution < 1.29 is 17.9 Å². The molecule has 0 aromatic heterocycles. The van der Waals surface area contributed by atoms with E-state index in [4.69, 9.17) is 21.1 Å². The highest BCUT2D eigenvalue weighted by Crippen LogP contribution is 2.28. The molecule has 1 N–H and O–H groups in total. The van der Waals surface area contributed by atoms with Crippen LogP contribution in [0.3, 0.4) is 0 Å². The van der Waals surface area contributed by atoms with Crippen LogP contribution in [0.2, 0.25) is 5.02 Å². The molecule has 1 aromatic rings. The summed E-state index contributed by atoms with van der Waals surface area (Å²) in [4.78, 5) is 0. The number of hydrogen-bond acceptors (Lipinski definition) is 5. The highest BCUT2D eigenvalue weighted by atomic mass is 35.5. The first-order chi connectivity index (χ1) is 9.44. The fourth-order valence-electron chi connectivity index (χ4n) is 1.55. The first-order valence-electron chi connectivity index (χ1n) is 6.21. The van der Waals surface area contributed by atoms with E-state index in [1.807, 2.05) is 12.1 Å². The van der Waals surface area contributed by atoms with Crippen LogP contribution in [-0.4, -0.2) is 47.3 Å². The lowest BCUT2D eigenvalue weighted by Gasteiger charge is -2.13. The van der Waals surface area contributed by atoms with Crippen LogP contribution in [-0.2, 0) is 21.1 Å². The van der Waals surface area contributed by atoms with Gasteiger partial charge in [-0.05, 0) is 6.07 Å². The predicted octanol–water partition coefficient (Wildman–Crippen LogP) is 1.50. The predicted molar refractivity (Wildman–Crippen MR) is 80.2 cm³/mol. The lowest BCUT2D eigenvalue weighted by Crippen LogP contribution is -2.19.